The molecule has 150 valence electrons. The van der Waals surface area contributed by atoms with Crippen LogP contribution < -0.4 is 15.4 Å². The molecule has 1 aromatic heterocycles. The maximum atomic E-state index is 12.3. The number of nitrogens with zero attached hydrogens (tertiary/aromatic N) is 1. The maximum Gasteiger partial charge on any atom is 0.573 e. The molecule has 2 N–H and O–H groups in total. The van der Waals surface area contributed by atoms with Gasteiger partial charge in [0, 0.05) is 34.4 Å². The van der Waals surface area contributed by atoms with Crippen molar-refractivity contribution < 1.29 is 22.7 Å². The zero-order valence-corrected chi connectivity index (χ0v) is 15.8. The summed E-state index contributed by atoms with van der Waals surface area (Å²) >= 11 is 1.28. The fraction of sp³-hybridized carbons (Fsp3) is 0.100. The minimum Gasteiger partial charge on any atom is -0.406 e. The zero-order chi connectivity index (χ0) is 20.7. The van der Waals surface area contributed by atoms with Crippen molar-refractivity contribution >= 4 is 23.5 Å². The first-order valence-electron chi connectivity index (χ1n) is 8.45. The van der Waals surface area contributed by atoms with E-state index in [0.717, 1.165) is 10.5 Å². The van der Waals surface area contributed by atoms with Crippen molar-refractivity contribution in [2.45, 2.75) is 22.7 Å². The number of pyridine rings is 1. The molecule has 0 saturated heterocycles. The fourth-order valence-corrected chi connectivity index (χ4v) is 3.20. The highest BCUT2D eigenvalue weighted by molar-refractivity contribution is 7.99. The number of alkyl halides is 3. The third kappa shape index (κ3) is 7.04. The molecule has 0 fully saturated rings. The molecule has 3 rings (SSSR count). The lowest BCUT2D eigenvalue weighted by molar-refractivity contribution is -0.274. The minimum atomic E-state index is -4.73. The molecule has 0 bridgehead atoms. The lowest BCUT2D eigenvalue weighted by Gasteiger charge is -2.10. The SMILES string of the molecule is O=C(NCc1ccncc1)Nc1ccc(Sc2cccc(OC(F)(F)F)c2)cc1. The monoisotopic (exact) mass is 419 g/mol. The Morgan fingerprint density at radius 3 is 2.41 bits per heavy atom. The van der Waals surface area contributed by atoms with Crippen LogP contribution >= 0.6 is 11.8 Å². The van der Waals surface area contributed by atoms with Crippen molar-refractivity contribution in [3.05, 3.63) is 78.6 Å². The van der Waals surface area contributed by atoms with Crippen LogP contribution in [0.2, 0.25) is 0 Å². The zero-order valence-electron chi connectivity index (χ0n) is 14.9. The maximum absolute atomic E-state index is 12.3. The summed E-state index contributed by atoms with van der Waals surface area (Å²) in [5.41, 5.74) is 1.52. The number of amides is 2. The van der Waals surface area contributed by atoms with Gasteiger partial charge in [0.1, 0.15) is 5.75 Å². The van der Waals surface area contributed by atoms with Gasteiger partial charge in [-0.3, -0.25) is 4.98 Å². The van der Waals surface area contributed by atoms with Gasteiger partial charge in [-0.2, -0.15) is 0 Å². The topological polar surface area (TPSA) is 63.2 Å². The molecule has 3 aromatic rings. The predicted octanol–water partition coefficient (Wildman–Crippen LogP) is 5.45. The summed E-state index contributed by atoms with van der Waals surface area (Å²) < 4.78 is 40.9. The first-order valence-corrected chi connectivity index (χ1v) is 9.26. The van der Waals surface area contributed by atoms with Crippen molar-refractivity contribution in [1.82, 2.24) is 10.3 Å². The lowest BCUT2D eigenvalue weighted by atomic mass is 10.3. The van der Waals surface area contributed by atoms with Crippen LogP contribution in [0.15, 0.2) is 82.8 Å². The van der Waals surface area contributed by atoms with Gasteiger partial charge in [-0.1, -0.05) is 17.8 Å². The largest absolute Gasteiger partial charge is 0.573 e. The summed E-state index contributed by atoms with van der Waals surface area (Å²) in [6, 6.07) is 16.0. The molecule has 5 nitrogen and oxygen atoms in total. The number of aromatic nitrogens is 1. The van der Waals surface area contributed by atoms with Gasteiger partial charge < -0.3 is 15.4 Å². The van der Waals surface area contributed by atoms with Crippen LogP contribution in [0.4, 0.5) is 23.7 Å². The number of hydrogen-bond donors (Lipinski definition) is 2. The predicted molar refractivity (Wildman–Crippen MR) is 104 cm³/mol. The van der Waals surface area contributed by atoms with Crippen LogP contribution in [-0.4, -0.2) is 17.4 Å². The Kier molecular flexibility index (Phi) is 6.61. The number of rotatable bonds is 6. The molecule has 1 heterocycles. The molecule has 0 aliphatic carbocycles. The Morgan fingerprint density at radius 1 is 1.00 bits per heavy atom. The number of benzene rings is 2. The van der Waals surface area contributed by atoms with Gasteiger partial charge in [-0.05, 0) is 60.2 Å². The average Bonchev–Trinajstić information content (AvgIpc) is 2.68. The van der Waals surface area contributed by atoms with Crippen molar-refractivity contribution in [2.75, 3.05) is 5.32 Å². The summed E-state index contributed by atoms with van der Waals surface area (Å²) in [5.74, 6) is -0.272. The molecule has 29 heavy (non-hydrogen) atoms. The molecule has 9 heteroatoms. The van der Waals surface area contributed by atoms with Crippen LogP contribution in [0.1, 0.15) is 5.56 Å². The summed E-state index contributed by atoms with van der Waals surface area (Å²) in [4.78, 5) is 17.3. The van der Waals surface area contributed by atoms with Crippen LogP contribution in [0, 0.1) is 0 Å². The fourth-order valence-electron chi connectivity index (χ4n) is 2.34. The first-order chi connectivity index (χ1) is 13.9. The number of anilines is 1. The van der Waals surface area contributed by atoms with Gasteiger partial charge in [-0.25, -0.2) is 4.79 Å². The molecule has 0 unspecified atom stereocenters. The standard InChI is InChI=1S/C20H16F3N3O2S/c21-20(22,23)28-16-2-1-3-18(12-16)29-17-6-4-15(5-7-17)26-19(27)25-13-14-8-10-24-11-9-14/h1-12H,13H2,(H2,25,26,27). The molecule has 0 aliphatic rings. The molecule has 2 amide bonds. The van der Waals surface area contributed by atoms with Crippen molar-refractivity contribution in [3.8, 4) is 5.75 Å². The van der Waals surface area contributed by atoms with Gasteiger partial charge in [0.2, 0.25) is 0 Å². The van der Waals surface area contributed by atoms with Crippen LogP contribution in [0.5, 0.6) is 5.75 Å². The molecular weight excluding hydrogens is 403 g/mol. The van der Waals surface area contributed by atoms with Gasteiger partial charge in [-0.15, -0.1) is 13.2 Å². The Bertz CT molecular complexity index is 951. The average molecular weight is 419 g/mol. The van der Waals surface area contributed by atoms with E-state index in [2.05, 4.69) is 20.4 Å². The second-order valence-corrected chi connectivity index (χ2v) is 6.96. The second-order valence-electron chi connectivity index (χ2n) is 5.81. The smallest absolute Gasteiger partial charge is 0.406 e. The van der Waals surface area contributed by atoms with Crippen molar-refractivity contribution in [3.63, 3.8) is 0 Å². The number of carbonyl (C=O) groups is 1. The second kappa shape index (κ2) is 9.33. The van der Waals surface area contributed by atoms with E-state index < -0.39 is 6.36 Å². The molecule has 0 radical (unpaired) electrons. The minimum absolute atomic E-state index is 0.272. The summed E-state index contributed by atoms with van der Waals surface area (Å²) in [5, 5.41) is 5.46. The highest BCUT2D eigenvalue weighted by Crippen LogP contribution is 2.32. The Balaban J connectivity index is 1.53. The van der Waals surface area contributed by atoms with Gasteiger partial charge in [0.25, 0.3) is 0 Å². The third-order valence-corrected chi connectivity index (χ3v) is 4.59. The van der Waals surface area contributed by atoms with Gasteiger partial charge in [0.15, 0.2) is 0 Å². The van der Waals surface area contributed by atoms with E-state index in [1.54, 1.807) is 54.9 Å². The third-order valence-electron chi connectivity index (χ3n) is 3.59. The van der Waals surface area contributed by atoms with E-state index in [1.807, 2.05) is 0 Å². The quantitative estimate of drug-likeness (QED) is 0.558. The molecule has 0 saturated carbocycles. The van der Waals surface area contributed by atoms with E-state index in [0.29, 0.717) is 17.1 Å². The van der Waals surface area contributed by atoms with E-state index >= 15 is 0 Å². The highest BCUT2D eigenvalue weighted by Gasteiger charge is 2.31. The van der Waals surface area contributed by atoms with Crippen molar-refractivity contribution in [2.24, 2.45) is 0 Å². The van der Waals surface area contributed by atoms with E-state index in [9.17, 15) is 18.0 Å². The summed E-state index contributed by atoms with van der Waals surface area (Å²) in [6.07, 6.45) is -1.43. The number of ether oxygens (including phenoxy) is 1. The molecule has 0 spiro atoms. The highest BCUT2D eigenvalue weighted by atomic mass is 32.2. The number of halogens is 3. The molecular formula is C20H16F3N3O2S. The van der Waals surface area contributed by atoms with Gasteiger partial charge in [0.05, 0.1) is 0 Å². The van der Waals surface area contributed by atoms with Crippen LogP contribution in [0.25, 0.3) is 0 Å². The Hall–Kier alpha value is -3.20. The molecule has 0 aliphatic heterocycles. The summed E-state index contributed by atoms with van der Waals surface area (Å²) in [6.45, 7) is 0.374. The number of urea groups is 1. The van der Waals surface area contributed by atoms with Crippen molar-refractivity contribution in [1.29, 1.82) is 0 Å². The number of nitrogens with one attached hydrogen (secondary N) is 2. The number of hydrogen-bond acceptors (Lipinski definition) is 4. The first kappa shape index (κ1) is 20.5. The lowest BCUT2D eigenvalue weighted by Crippen LogP contribution is -2.28. The van der Waals surface area contributed by atoms with E-state index in [-0.39, 0.29) is 11.8 Å². The van der Waals surface area contributed by atoms with E-state index in [1.165, 1.54) is 30.0 Å². The molecule has 0 atom stereocenters. The van der Waals surface area contributed by atoms with E-state index in [4.69, 9.17) is 0 Å². The normalized spacial score (nSPS) is 11.0. The number of carbonyl (C=O) groups excluding carboxylic acids is 1. The Morgan fingerprint density at radius 2 is 1.72 bits per heavy atom. The van der Waals surface area contributed by atoms with Gasteiger partial charge >= 0.3 is 12.4 Å². The molecule has 2 aromatic carbocycles. The van der Waals surface area contributed by atoms with Crippen LogP contribution in [0.3, 0.4) is 0 Å². The summed E-state index contributed by atoms with van der Waals surface area (Å²) in [7, 11) is 0. The Labute approximate surface area is 169 Å². The van der Waals surface area contributed by atoms with Crippen LogP contribution in [-0.2, 0) is 6.54 Å².